The Bertz CT molecular complexity index is 2630. The maximum atomic E-state index is 15.3. The van der Waals surface area contributed by atoms with Gasteiger partial charge in [-0.2, -0.15) is 0 Å². The monoisotopic (exact) mass is 810 g/mol. The Labute approximate surface area is 340 Å². The molecule has 5 aromatic carbocycles. The highest BCUT2D eigenvalue weighted by atomic mass is 16.5. The molecule has 0 heterocycles. The number of allylic oxidation sites excluding steroid dienone is 1. The number of carboxylic acid groups (broad SMARTS) is 1. The van der Waals surface area contributed by atoms with Gasteiger partial charge in [0.05, 0.1) is 56.2 Å². The quantitative estimate of drug-likeness (QED) is 0.0332. The summed E-state index contributed by atoms with van der Waals surface area (Å²) in [6, 6.07) is 2.97. The summed E-state index contributed by atoms with van der Waals surface area (Å²) < 4.78 is 28.3. The van der Waals surface area contributed by atoms with E-state index in [0.29, 0.717) is 99.5 Å². The lowest BCUT2D eigenvalue weighted by atomic mass is 9.80. The molecular weight excluding hydrogens is 760 g/mol. The molecule has 0 amide bonds. The molecule has 312 valence electrons. The number of benzene rings is 5. The smallest absolute Gasteiger partial charge is 0.308 e. The van der Waals surface area contributed by atoms with Gasteiger partial charge in [-0.25, -0.2) is 0 Å². The fraction of sp³-hybridized carbons (Fsp3) is 0.444. The Morgan fingerprint density at radius 2 is 1.47 bits per heavy atom. The summed E-state index contributed by atoms with van der Waals surface area (Å²) in [6.07, 6.45) is 5.40. The van der Waals surface area contributed by atoms with E-state index in [1.165, 1.54) is 34.3 Å². The number of fused-ring (bicyclic) bond motifs is 1. The lowest BCUT2D eigenvalue weighted by Crippen LogP contribution is -2.28. The Morgan fingerprint density at radius 3 is 2.10 bits per heavy atom. The maximum Gasteiger partial charge on any atom is 0.308 e. The van der Waals surface area contributed by atoms with E-state index in [9.17, 15) is 29.4 Å². The highest BCUT2D eigenvalue weighted by Crippen LogP contribution is 2.57. The Hall–Kier alpha value is -5.89. The molecule has 0 spiro atoms. The minimum atomic E-state index is -0.949. The first-order valence-electron chi connectivity index (χ1n) is 20.0. The van der Waals surface area contributed by atoms with Crippen LogP contribution in [0.15, 0.2) is 27.3 Å². The zero-order chi connectivity index (χ0) is 42.3. The number of phenols is 1. The van der Waals surface area contributed by atoms with Crippen molar-refractivity contribution < 1.29 is 48.3 Å². The van der Waals surface area contributed by atoms with E-state index >= 15 is 4.79 Å². The van der Waals surface area contributed by atoms with E-state index in [0.717, 1.165) is 12.8 Å². The van der Waals surface area contributed by atoms with Gasteiger partial charge in [-0.15, -0.1) is 0 Å². The molecule has 4 N–H and O–H groups in total. The summed E-state index contributed by atoms with van der Waals surface area (Å²) >= 11 is 0. The first kappa shape index (κ1) is 41.3. The van der Waals surface area contributed by atoms with E-state index in [1.807, 2.05) is 6.08 Å². The van der Waals surface area contributed by atoms with Gasteiger partial charge >= 0.3 is 11.9 Å². The molecule has 14 heteroatoms. The van der Waals surface area contributed by atoms with E-state index in [2.05, 4.69) is 10.6 Å². The number of esters is 1. The van der Waals surface area contributed by atoms with Crippen LogP contribution >= 0.6 is 0 Å². The zero-order valence-corrected chi connectivity index (χ0v) is 34.2. The Morgan fingerprint density at radius 1 is 0.797 bits per heavy atom. The van der Waals surface area contributed by atoms with Gasteiger partial charge < -0.3 is 44.5 Å². The number of hydrogen-bond donors (Lipinski definition) is 4. The molecule has 2 aliphatic rings. The summed E-state index contributed by atoms with van der Waals surface area (Å²) in [5.74, 6) is -2.34. The predicted molar refractivity (Wildman–Crippen MR) is 227 cm³/mol. The molecule has 2 aliphatic carbocycles. The van der Waals surface area contributed by atoms with Gasteiger partial charge in [0.1, 0.15) is 17.3 Å². The molecule has 0 saturated heterocycles. The lowest BCUT2D eigenvalue weighted by Gasteiger charge is -2.28. The van der Waals surface area contributed by atoms with Crippen molar-refractivity contribution in [2.75, 3.05) is 65.4 Å². The van der Waals surface area contributed by atoms with Crippen molar-refractivity contribution in [2.24, 2.45) is 11.8 Å². The number of carbonyl (C=O) groups is 3. The third-order valence-electron chi connectivity index (χ3n) is 12.0. The van der Waals surface area contributed by atoms with Crippen LogP contribution in [0.25, 0.3) is 49.2 Å². The average Bonchev–Trinajstić information content (AvgIpc) is 3.34. The van der Waals surface area contributed by atoms with E-state index in [1.54, 1.807) is 20.1 Å². The Kier molecular flexibility index (Phi) is 11.7. The normalized spacial score (nSPS) is 17.7. The van der Waals surface area contributed by atoms with E-state index < -0.39 is 23.1 Å². The number of aliphatic carboxylic acids is 1. The van der Waals surface area contributed by atoms with Gasteiger partial charge in [0, 0.05) is 95.5 Å². The number of carbonyl (C=O) groups excluding carboxylic acids is 2. The molecule has 0 radical (unpaired) electrons. The second-order valence-corrected chi connectivity index (χ2v) is 15.6. The van der Waals surface area contributed by atoms with Crippen molar-refractivity contribution in [1.29, 1.82) is 0 Å². The van der Waals surface area contributed by atoms with Crippen LogP contribution in [0.5, 0.6) is 23.0 Å². The lowest BCUT2D eigenvalue weighted by molar-refractivity contribution is -0.150. The number of ketones is 1. The van der Waals surface area contributed by atoms with Crippen molar-refractivity contribution in [3.8, 4) is 23.0 Å². The number of hydrogen-bond acceptors (Lipinski definition) is 13. The summed E-state index contributed by atoms with van der Waals surface area (Å²) in [4.78, 5) is 67.4. The summed E-state index contributed by atoms with van der Waals surface area (Å²) in [6.45, 7) is 4.71. The van der Waals surface area contributed by atoms with Crippen molar-refractivity contribution in [3.05, 3.63) is 49.3 Å². The zero-order valence-electron chi connectivity index (χ0n) is 34.2. The second-order valence-electron chi connectivity index (χ2n) is 15.6. The van der Waals surface area contributed by atoms with Crippen LogP contribution in [0.2, 0.25) is 0 Å². The van der Waals surface area contributed by atoms with E-state index in [-0.39, 0.29) is 76.4 Å². The fourth-order valence-corrected chi connectivity index (χ4v) is 9.41. The number of nitrogens with one attached hydrogen (secondary N) is 2. The maximum absolute atomic E-state index is 15.3. The van der Waals surface area contributed by atoms with Gasteiger partial charge in [0.2, 0.25) is 5.43 Å². The topological polar surface area (TPSA) is 196 Å². The van der Waals surface area contributed by atoms with Gasteiger partial charge in [-0.1, -0.05) is 11.6 Å². The van der Waals surface area contributed by atoms with Crippen LogP contribution in [0.3, 0.4) is 0 Å². The first-order chi connectivity index (χ1) is 28.4. The van der Waals surface area contributed by atoms with E-state index in [4.69, 9.17) is 23.7 Å². The highest BCUT2D eigenvalue weighted by Gasteiger charge is 2.37. The number of phenolic OH excluding ortho intramolecular Hbond substituents is 1. The second kappa shape index (κ2) is 16.8. The number of anilines is 2. The van der Waals surface area contributed by atoms with Crippen LogP contribution in [-0.4, -0.2) is 82.7 Å². The average molecular weight is 811 g/mol. The number of methoxy groups -OCH3 is 4. The van der Waals surface area contributed by atoms with Crippen molar-refractivity contribution in [3.63, 3.8) is 0 Å². The number of aromatic hydroxyl groups is 1. The molecule has 1 unspecified atom stereocenters. The summed E-state index contributed by atoms with van der Waals surface area (Å²) in [7, 11) is 5.90. The van der Waals surface area contributed by atoms with Gasteiger partial charge in [0.25, 0.3) is 0 Å². The molecule has 0 aliphatic heterocycles. The van der Waals surface area contributed by atoms with Crippen LogP contribution in [0, 0.1) is 11.8 Å². The largest absolute Gasteiger partial charge is 0.504 e. The third kappa shape index (κ3) is 7.06. The molecule has 0 bridgehead atoms. The van der Waals surface area contributed by atoms with Crippen LogP contribution < -0.4 is 35.7 Å². The molecule has 5 aromatic rings. The molecule has 0 aromatic heterocycles. The van der Waals surface area contributed by atoms with Gasteiger partial charge in [0.15, 0.2) is 16.9 Å². The summed E-state index contributed by atoms with van der Waals surface area (Å²) in [5.41, 5.74) is 1.26. The third-order valence-corrected chi connectivity index (χ3v) is 12.0. The molecule has 1 atom stereocenters. The van der Waals surface area contributed by atoms with Crippen LogP contribution in [-0.2, 0) is 23.9 Å². The molecule has 1 saturated carbocycles. The summed E-state index contributed by atoms with van der Waals surface area (Å²) in [5, 5.41) is 31.1. The van der Waals surface area contributed by atoms with Crippen molar-refractivity contribution in [1.82, 2.24) is 0 Å². The highest BCUT2D eigenvalue weighted by molar-refractivity contribution is 6.40. The fourth-order valence-electron chi connectivity index (χ4n) is 9.41. The van der Waals surface area contributed by atoms with Crippen LogP contribution in [0.1, 0.15) is 75.8 Å². The molecular formula is C45H50N2O12. The van der Waals surface area contributed by atoms with Crippen LogP contribution in [0.4, 0.5) is 11.4 Å². The van der Waals surface area contributed by atoms with Crippen molar-refractivity contribution in [2.45, 2.75) is 64.7 Å². The minimum Gasteiger partial charge on any atom is -0.504 e. The number of rotatable bonds is 17. The molecule has 59 heavy (non-hydrogen) atoms. The predicted octanol–water partition coefficient (Wildman–Crippen LogP) is 6.79. The standard InChI is InChI=1S/C45H50N2O12/c1-21-17-25-32-37-33(42(52)41(25)47-20-23-10-12-24(13-11-23)45(54)59-16-8-15-55-3)26(46-14-7-9-30(50)51)18-28(56-4)35(37)36-29(57-5)19-27(49)34-39(36)38(32)40(31(21)22(2)48)44(58-6)43(34)53/h17-19,23-24,31,46-47,53H,7-16,20H2,1-6H3,(H,50,51). The minimum absolute atomic E-state index is 0.0253. The van der Waals surface area contributed by atoms with Gasteiger partial charge in [-0.05, 0) is 57.3 Å². The number of Topliss-reactive ketones (excluding diaryl/α,β-unsaturated/α-hetero) is 1. The molecule has 7 rings (SSSR count). The SMILES string of the molecule is COCCCOC(=O)C1CCC(CNc2c3c4c5c(c(OC)c(O)c6c(=O)cc(OC)c(c7c(OC)cc(NCCCC(=O)O)c(c2=O)c74)c65)C(C(C)=O)C(C)=C3)CC1. The Balaban J connectivity index is 1.51. The van der Waals surface area contributed by atoms with Gasteiger partial charge in [-0.3, -0.25) is 24.0 Å². The van der Waals surface area contributed by atoms with Crippen molar-refractivity contribution >= 4 is 78.3 Å². The molecule has 1 fully saturated rings. The first-order valence-corrected chi connectivity index (χ1v) is 20.0. The molecule has 14 nitrogen and oxygen atoms in total. The number of carboxylic acids is 1. The number of ether oxygens (including phenoxy) is 5.